The van der Waals surface area contributed by atoms with E-state index in [-0.39, 0.29) is 0 Å². The second-order valence-electron chi connectivity index (χ2n) is 2.74. The van der Waals surface area contributed by atoms with E-state index < -0.39 is 0 Å². The van der Waals surface area contributed by atoms with E-state index in [0.717, 1.165) is 11.0 Å². The summed E-state index contributed by atoms with van der Waals surface area (Å²) in [5, 5.41) is 2.65. The van der Waals surface area contributed by atoms with E-state index in [1.165, 1.54) is 11.3 Å². The van der Waals surface area contributed by atoms with Crippen molar-refractivity contribution < 1.29 is 13.9 Å². The van der Waals surface area contributed by atoms with Crippen molar-refractivity contribution in [3.8, 4) is 5.19 Å². The van der Waals surface area contributed by atoms with Gasteiger partial charge in [0.15, 0.2) is 0 Å². The Morgan fingerprint density at radius 1 is 1.50 bits per heavy atom. The lowest BCUT2D eigenvalue weighted by molar-refractivity contribution is 0.164. The second-order valence-corrected chi connectivity index (χ2v) is 3.60. The zero-order chi connectivity index (χ0) is 11.6. The summed E-state index contributed by atoms with van der Waals surface area (Å²) in [6, 6.07) is 3.72. The van der Waals surface area contributed by atoms with Crippen LogP contribution in [0.2, 0.25) is 0 Å². The molecule has 0 saturated carbocycles. The first-order valence-corrected chi connectivity index (χ1v) is 5.78. The van der Waals surface area contributed by atoms with Gasteiger partial charge in [-0.1, -0.05) is 11.3 Å². The Kier molecular flexibility index (Phi) is 6.29. The largest absolute Gasteiger partial charge is 0.470 e. The highest BCUT2D eigenvalue weighted by Crippen LogP contribution is 2.12. The summed E-state index contributed by atoms with van der Waals surface area (Å²) in [7, 11) is 1.64. The summed E-state index contributed by atoms with van der Waals surface area (Å²) in [5.41, 5.74) is 0. The van der Waals surface area contributed by atoms with Crippen LogP contribution in [0.3, 0.4) is 0 Å². The van der Waals surface area contributed by atoms with Gasteiger partial charge in [-0.15, -0.1) is 0 Å². The van der Waals surface area contributed by atoms with Crippen molar-refractivity contribution in [3.63, 3.8) is 0 Å². The lowest BCUT2D eigenvalue weighted by atomic mass is 10.5. The molecule has 2 aromatic rings. The first-order valence-electron chi connectivity index (χ1n) is 4.90. The molecule has 2 heterocycles. The van der Waals surface area contributed by atoms with Gasteiger partial charge in [0.05, 0.1) is 12.9 Å². The average Bonchev–Trinajstić information content (AvgIpc) is 2.92. The number of aromatic nitrogens is 1. The van der Waals surface area contributed by atoms with Crippen LogP contribution in [0.1, 0.15) is 12.7 Å². The van der Waals surface area contributed by atoms with Gasteiger partial charge in [-0.2, -0.15) is 0 Å². The predicted molar refractivity (Wildman–Crippen MR) is 62.7 cm³/mol. The summed E-state index contributed by atoms with van der Waals surface area (Å²) in [4.78, 5) is 3.90. The Balaban J connectivity index is 0.000000160. The molecule has 0 unspecified atom stereocenters. The lowest BCUT2D eigenvalue weighted by Gasteiger charge is -1.91. The topological polar surface area (TPSA) is 44.5 Å². The number of furan rings is 1. The van der Waals surface area contributed by atoms with Crippen molar-refractivity contribution >= 4 is 11.3 Å². The molecule has 16 heavy (non-hydrogen) atoms. The normalized spacial score (nSPS) is 9.38. The zero-order valence-electron chi connectivity index (χ0n) is 9.38. The minimum absolute atomic E-state index is 0.562. The molecule has 0 atom stereocenters. The summed E-state index contributed by atoms with van der Waals surface area (Å²) >= 11 is 1.51. The quantitative estimate of drug-likeness (QED) is 0.825. The Morgan fingerprint density at radius 3 is 2.88 bits per heavy atom. The fourth-order valence-electron chi connectivity index (χ4n) is 0.942. The highest BCUT2D eigenvalue weighted by atomic mass is 32.1. The van der Waals surface area contributed by atoms with Crippen molar-refractivity contribution in [2.24, 2.45) is 0 Å². The van der Waals surface area contributed by atoms with Crippen LogP contribution in [-0.2, 0) is 11.3 Å². The van der Waals surface area contributed by atoms with E-state index in [1.54, 1.807) is 19.6 Å². The number of thiazole rings is 1. The third kappa shape index (κ3) is 4.95. The Hall–Kier alpha value is -1.33. The third-order valence-electron chi connectivity index (χ3n) is 1.54. The maximum atomic E-state index is 5.05. The van der Waals surface area contributed by atoms with Crippen LogP contribution >= 0.6 is 11.3 Å². The maximum Gasteiger partial charge on any atom is 0.273 e. The van der Waals surface area contributed by atoms with E-state index >= 15 is 0 Å². The zero-order valence-corrected chi connectivity index (χ0v) is 10.2. The van der Waals surface area contributed by atoms with Crippen molar-refractivity contribution in [3.05, 3.63) is 35.7 Å². The van der Waals surface area contributed by atoms with E-state index in [2.05, 4.69) is 4.98 Å². The van der Waals surface area contributed by atoms with Crippen LogP contribution in [0.15, 0.2) is 34.4 Å². The standard InChI is InChI=1S/C6H8O2.C5H7NOS/c1-7-5-6-3-2-4-8-6;1-2-7-5-6-3-4-8-5/h2-4H,5H2,1H3;3-4H,2H2,1H3. The maximum absolute atomic E-state index is 5.05. The molecule has 0 N–H and O–H groups in total. The first-order chi connectivity index (χ1) is 7.86. The van der Waals surface area contributed by atoms with Crippen LogP contribution in [0.4, 0.5) is 0 Å². The number of hydrogen-bond acceptors (Lipinski definition) is 5. The first kappa shape index (κ1) is 12.7. The number of ether oxygens (including phenoxy) is 2. The van der Waals surface area contributed by atoms with Gasteiger partial charge in [0.1, 0.15) is 12.4 Å². The van der Waals surface area contributed by atoms with Gasteiger partial charge in [0, 0.05) is 18.7 Å². The molecular formula is C11H15NO3S. The van der Waals surface area contributed by atoms with Gasteiger partial charge in [-0.3, -0.25) is 0 Å². The second kappa shape index (κ2) is 7.90. The van der Waals surface area contributed by atoms with Crippen LogP contribution in [-0.4, -0.2) is 18.7 Å². The monoisotopic (exact) mass is 241 g/mol. The molecule has 0 amide bonds. The molecule has 0 aliphatic rings. The number of methoxy groups -OCH3 is 1. The Bertz CT molecular complexity index is 309. The SMILES string of the molecule is CCOc1nccs1.COCc1ccco1. The van der Waals surface area contributed by atoms with E-state index in [1.807, 2.05) is 24.4 Å². The van der Waals surface area contributed by atoms with Crippen LogP contribution in [0, 0.1) is 0 Å². The van der Waals surface area contributed by atoms with Crippen LogP contribution in [0.5, 0.6) is 5.19 Å². The average molecular weight is 241 g/mol. The van der Waals surface area contributed by atoms with E-state index in [4.69, 9.17) is 13.9 Å². The Labute approximate surface area is 98.8 Å². The molecule has 5 heteroatoms. The lowest BCUT2D eigenvalue weighted by Crippen LogP contribution is -1.88. The van der Waals surface area contributed by atoms with E-state index in [9.17, 15) is 0 Å². The molecule has 0 aliphatic carbocycles. The van der Waals surface area contributed by atoms with Crippen molar-refractivity contribution in [1.29, 1.82) is 0 Å². The molecule has 4 nitrogen and oxygen atoms in total. The van der Waals surface area contributed by atoms with Crippen LogP contribution in [0.25, 0.3) is 0 Å². The molecule has 2 aromatic heterocycles. The van der Waals surface area contributed by atoms with Gasteiger partial charge in [0.25, 0.3) is 5.19 Å². The number of rotatable bonds is 4. The summed E-state index contributed by atoms with van der Waals surface area (Å²) < 4.78 is 14.8. The number of hydrogen-bond donors (Lipinski definition) is 0. The summed E-state index contributed by atoms with van der Waals surface area (Å²) in [6.07, 6.45) is 3.37. The number of nitrogens with zero attached hydrogens (tertiary/aromatic N) is 1. The van der Waals surface area contributed by atoms with Crippen molar-refractivity contribution in [1.82, 2.24) is 4.98 Å². The highest BCUT2D eigenvalue weighted by molar-refractivity contribution is 7.11. The molecule has 0 bridgehead atoms. The minimum Gasteiger partial charge on any atom is -0.470 e. The molecule has 0 spiro atoms. The Morgan fingerprint density at radius 2 is 2.38 bits per heavy atom. The minimum atomic E-state index is 0.562. The smallest absolute Gasteiger partial charge is 0.273 e. The van der Waals surface area contributed by atoms with Gasteiger partial charge in [-0.25, -0.2) is 4.98 Å². The van der Waals surface area contributed by atoms with Gasteiger partial charge in [0.2, 0.25) is 0 Å². The third-order valence-corrected chi connectivity index (χ3v) is 2.23. The summed E-state index contributed by atoms with van der Waals surface area (Å²) in [6.45, 7) is 3.21. The fraction of sp³-hybridized carbons (Fsp3) is 0.364. The van der Waals surface area contributed by atoms with E-state index in [0.29, 0.717) is 13.2 Å². The molecule has 0 radical (unpaired) electrons. The molecular weight excluding hydrogens is 226 g/mol. The van der Waals surface area contributed by atoms with Gasteiger partial charge >= 0.3 is 0 Å². The van der Waals surface area contributed by atoms with Gasteiger partial charge in [-0.05, 0) is 19.1 Å². The predicted octanol–water partition coefficient (Wildman–Crippen LogP) is 2.97. The highest BCUT2D eigenvalue weighted by Gasteiger charge is 1.89. The fourth-order valence-corrected chi connectivity index (χ4v) is 1.49. The van der Waals surface area contributed by atoms with Crippen molar-refractivity contribution in [2.75, 3.05) is 13.7 Å². The molecule has 0 fully saturated rings. The van der Waals surface area contributed by atoms with Crippen LogP contribution < -0.4 is 4.74 Å². The molecule has 2 rings (SSSR count). The molecule has 0 aliphatic heterocycles. The summed E-state index contributed by atoms with van der Waals surface area (Å²) in [5.74, 6) is 0.868. The molecule has 0 saturated heterocycles. The van der Waals surface area contributed by atoms with Gasteiger partial charge < -0.3 is 13.9 Å². The molecule has 88 valence electrons. The van der Waals surface area contributed by atoms with Crippen molar-refractivity contribution in [2.45, 2.75) is 13.5 Å². The molecule has 0 aromatic carbocycles.